The minimum atomic E-state index is -1.79. The van der Waals surface area contributed by atoms with Gasteiger partial charge in [-0.1, -0.05) is 301 Å². The summed E-state index contributed by atoms with van der Waals surface area (Å²) >= 11 is 0. The van der Waals surface area contributed by atoms with Crippen molar-refractivity contribution in [2.75, 3.05) is 19.8 Å². The van der Waals surface area contributed by atoms with Gasteiger partial charge in [0.25, 0.3) is 0 Å². The summed E-state index contributed by atoms with van der Waals surface area (Å²) in [6.45, 7) is 2.84. The highest BCUT2D eigenvalue weighted by atomic mass is 16.7. The van der Waals surface area contributed by atoms with E-state index in [1.54, 1.807) is 6.08 Å². The van der Waals surface area contributed by atoms with Crippen molar-refractivity contribution in [2.24, 2.45) is 0 Å². The molecule has 2 fully saturated rings. The van der Waals surface area contributed by atoms with Gasteiger partial charge in [-0.2, -0.15) is 0 Å². The van der Waals surface area contributed by atoms with Crippen LogP contribution >= 0.6 is 0 Å². The Morgan fingerprint density at radius 1 is 0.422 bits per heavy atom. The second-order valence-corrected chi connectivity index (χ2v) is 25.0. The molecule has 2 heterocycles. The van der Waals surface area contributed by atoms with E-state index in [-0.39, 0.29) is 18.9 Å². The molecule has 0 spiro atoms. The summed E-state index contributed by atoms with van der Waals surface area (Å²) in [7, 11) is 0. The molecule has 83 heavy (non-hydrogen) atoms. The fourth-order valence-electron chi connectivity index (χ4n) is 11.8. The number of unbranched alkanes of at least 4 members (excludes halogenated alkanes) is 43. The summed E-state index contributed by atoms with van der Waals surface area (Å²) in [6, 6.07) is -0.929. The van der Waals surface area contributed by atoms with Gasteiger partial charge in [0, 0.05) is 6.42 Å². The Bertz CT molecular complexity index is 1490. The lowest BCUT2D eigenvalue weighted by atomic mass is 9.97. The Morgan fingerprint density at radius 3 is 1.18 bits per heavy atom. The molecule has 12 unspecified atom stereocenters. The van der Waals surface area contributed by atoms with Gasteiger partial charge in [0.1, 0.15) is 48.8 Å². The summed E-state index contributed by atoms with van der Waals surface area (Å²) in [5.41, 5.74) is 0. The molecule has 0 aromatic heterocycles. The van der Waals surface area contributed by atoms with Gasteiger partial charge in [-0.05, 0) is 32.1 Å². The SMILES string of the molecule is CCCCCCCCCCCCCCCCCCCCCC/C=C/CC/C=C/C(O)C(COC1OC(CO)C(OC2OC(CO)C(O)C(O)C2O)C(O)C1O)NC(=O)CCCCCCCCCCCCCCCCCCCCCCCCC. The van der Waals surface area contributed by atoms with Gasteiger partial charge in [-0.25, -0.2) is 0 Å². The van der Waals surface area contributed by atoms with E-state index < -0.39 is 86.8 Å². The Balaban J connectivity index is 1.70. The highest BCUT2D eigenvalue weighted by Crippen LogP contribution is 2.30. The third-order valence-corrected chi connectivity index (χ3v) is 17.4. The predicted octanol–water partition coefficient (Wildman–Crippen LogP) is 14.0. The van der Waals surface area contributed by atoms with Crippen LogP contribution in [0.15, 0.2) is 24.3 Å². The molecule has 12 atom stereocenters. The van der Waals surface area contributed by atoms with Crippen molar-refractivity contribution in [3.63, 3.8) is 0 Å². The predicted molar refractivity (Wildman–Crippen MR) is 337 cm³/mol. The third kappa shape index (κ3) is 39.2. The van der Waals surface area contributed by atoms with E-state index in [1.807, 2.05) is 6.08 Å². The van der Waals surface area contributed by atoms with Gasteiger partial charge in [-0.15, -0.1) is 0 Å². The van der Waals surface area contributed by atoms with Gasteiger partial charge < -0.3 is 65.1 Å². The average Bonchev–Trinajstić information content (AvgIpc) is 3.59. The molecule has 2 aliphatic rings. The van der Waals surface area contributed by atoms with Crippen LogP contribution in [0, 0.1) is 0 Å². The molecule has 0 radical (unpaired) electrons. The van der Waals surface area contributed by atoms with E-state index in [0.717, 1.165) is 32.1 Å². The van der Waals surface area contributed by atoms with Crippen molar-refractivity contribution in [1.82, 2.24) is 5.32 Å². The van der Waals surface area contributed by atoms with Crippen LogP contribution in [-0.2, 0) is 23.7 Å². The van der Waals surface area contributed by atoms with Crippen molar-refractivity contribution < 1.29 is 64.6 Å². The highest BCUT2D eigenvalue weighted by molar-refractivity contribution is 5.76. The molecule has 0 aromatic carbocycles. The molecular formula is C69H131NO13. The number of hydrogen-bond donors (Lipinski definition) is 9. The summed E-state index contributed by atoms with van der Waals surface area (Å²) in [5, 5.41) is 87.4. The zero-order valence-electron chi connectivity index (χ0n) is 53.2. The van der Waals surface area contributed by atoms with Crippen LogP contribution in [0.5, 0.6) is 0 Å². The Labute approximate surface area is 507 Å². The lowest BCUT2D eigenvalue weighted by Gasteiger charge is -2.46. The van der Waals surface area contributed by atoms with E-state index in [0.29, 0.717) is 12.8 Å². The standard InChI is InChI=1S/C69H131NO13/c1-3-5-7-9-11-13-15-17-19-21-23-25-27-28-29-31-32-34-36-38-40-42-44-46-48-50-52-58(73)57(56-80-68-66(79)64(77)67(60(55-72)82-68)83-69-65(78)63(76)62(75)59(54-71)81-69)70-61(74)53-51-49-47-45-43-41-39-37-35-33-30-26-24-22-20-18-16-14-12-10-8-6-4-2/h42,44,50,52,57-60,62-69,71-73,75-79H,3-41,43,45-49,51,53-56H2,1-2H3,(H,70,74)/b44-42+,52-50+. The van der Waals surface area contributed by atoms with E-state index in [1.165, 1.54) is 250 Å². The van der Waals surface area contributed by atoms with Crippen molar-refractivity contribution >= 4 is 5.91 Å². The third-order valence-electron chi connectivity index (χ3n) is 17.4. The fourth-order valence-corrected chi connectivity index (χ4v) is 11.8. The molecule has 0 aliphatic carbocycles. The number of hydrogen-bond acceptors (Lipinski definition) is 13. The van der Waals surface area contributed by atoms with Gasteiger partial charge in [0.05, 0.1) is 32.0 Å². The summed E-state index contributed by atoms with van der Waals surface area (Å²) < 4.78 is 22.8. The molecule has 0 bridgehead atoms. The number of carbonyl (C=O) groups excluding carboxylic acids is 1. The summed E-state index contributed by atoms with van der Waals surface area (Å²) in [6.07, 6.45) is 50.9. The molecule has 490 valence electrons. The fraction of sp³-hybridized carbons (Fsp3) is 0.928. The first kappa shape index (κ1) is 77.6. The van der Waals surface area contributed by atoms with Crippen LogP contribution in [-0.4, -0.2) is 140 Å². The van der Waals surface area contributed by atoms with Gasteiger partial charge in [0.2, 0.25) is 5.91 Å². The van der Waals surface area contributed by atoms with Gasteiger partial charge >= 0.3 is 0 Å². The smallest absolute Gasteiger partial charge is 0.220 e. The quantitative estimate of drug-likeness (QED) is 0.0204. The van der Waals surface area contributed by atoms with Crippen LogP contribution < -0.4 is 5.32 Å². The van der Waals surface area contributed by atoms with E-state index in [4.69, 9.17) is 18.9 Å². The molecule has 9 N–H and O–H groups in total. The van der Waals surface area contributed by atoms with Crippen LogP contribution in [0.4, 0.5) is 0 Å². The summed E-state index contributed by atoms with van der Waals surface area (Å²) in [4.78, 5) is 13.3. The maximum Gasteiger partial charge on any atom is 0.220 e. The van der Waals surface area contributed by atoms with Crippen molar-refractivity contribution in [3.05, 3.63) is 24.3 Å². The largest absolute Gasteiger partial charge is 0.394 e. The Hall–Kier alpha value is -1.53. The molecule has 14 nitrogen and oxygen atoms in total. The Kier molecular flexibility index (Phi) is 51.0. The minimum Gasteiger partial charge on any atom is -0.394 e. The molecular weight excluding hydrogens is 1050 g/mol. The first-order valence-electron chi connectivity index (χ1n) is 35.1. The van der Waals surface area contributed by atoms with Crippen LogP contribution in [0.2, 0.25) is 0 Å². The maximum absolute atomic E-state index is 13.3. The number of rotatable bonds is 58. The first-order chi connectivity index (χ1) is 40.6. The van der Waals surface area contributed by atoms with Crippen LogP contribution in [0.1, 0.15) is 316 Å². The number of amides is 1. The molecule has 0 aromatic rings. The van der Waals surface area contributed by atoms with Gasteiger partial charge in [-0.3, -0.25) is 4.79 Å². The van der Waals surface area contributed by atoms with Crippen molar-refractivity contribution in [3.8, 4) is 0 Å². The molecule has 14 heteroatoms. The lowest BCUT2D eigenvalue weighted by Crippen LogP contribution is -2.65. The van der Waals surface area contributed by atoms with Gasteiger partial charge in [0.15, 0.2) is 12.6 Å². The number of ether oxygens (including phenoxy) is 4. The molecule has 1 amide bonds. The normalized spacial score (nSPS) is 23.9. The zero-order chi connectivity index (χ0) is 60.2. The lowest BCUT2D eigenvalue weighted by molar-refractivity contribution is -0.359. The number of carbonyl (C=O) groups is 1. The second-order valence-electron chi connectivity index (χ2n) is 25.0. The zero-order valence-corrected chi connectivity index (χ0v) is 53.2. The molecule has 2 rings (SSSR count). The average molecular weight is 1180 g/mol. The summed E-state index contributed by atoms with van der Waals surface area (Å²) in [5.74, 6) is -0.242. The van der Waals surface area contributed by atoms with E-state index in [9.17, 15) is 45.6 Å². The van der Waals surface area contributed by atoms with Crippen LogP contribution in [0.25, 0.3) is 0 Å². The molecule has 0 saturated carbocycles. The number of aliphatic hydroxyl groups excluding tert-OH is 8. The van der Waals surface area contributed by atoms with E-state index >= 15 is 0 Å². The Morgan fingerprint density at radius 2 is 0.771 bits per heavy atom. The van der Waals surface area contributed by atoms with Crippen LogP contribution in [0.3, 0.4) is 0 Å². The van der Waals surface area contributed by atoms with Crippen molar-refractivity contribution in [1.29, 1.82) is 0 Å². The minimum absolute atomic E-state index is 0.242. The van der Waals surface area contributed by atoms with Crippen molar-refractivity contribution in [2.45, 2.75) is 389 Å². The monoisotopic (exact) mass is 1180 g/mol. The van der Waals surface area contributed by atoms with E-state index in [2.05, 4.69) is 31.3 Å². The highest BCUT2D eigenvalue weighted by Gasteiger charge is 2.51. The maximum atomic E-state index is 13.3. The number of allylic oxidation sites excluding steroid dienone is 3. The topological polar surface area (TPSA) is 228 Å². The number of aliphatic hydroxyl groups is 8. The second kappa shape index (κ2) is 54.6. The molecule has 2 aliphatic heterocycles. The number of nitrogens with one attached hydrogen (secondary N) is 1. The first-order valence-corrected chi connectivity index (χ1v) is 35.1. The molecule has 2 saturated heterocycles.